The highest BCUT2D eigenvalue weighted by atomic mass is 79.9. The number of hydrogen-bond donors (Lipinski definition) is 1. The summed E-state index contributed by atoms with van der Waals surface area (Å²) < 4.78 is 1.13. The van der Waals surface area contributed by atoms with Gasteiger partial charge in [0.05, 0.1) is 6.10 Å². The van der Waals surface area contributed by atoms with Gasteiger partial charge in [0.15, 0.2) is 0 Å². The van der Waals surface area contributed by atoms with Crippen molar-refractivity contribution in [3.8, 4) is 0 Å². The average molecular weight is 277 g/mol. The lowest BCUT2D eigenvalue weighted by atomic mass is 9.97. The normalized spacial score (nSPS) is 15.4. The summed E-state index contributed by atoms with van der Waals surface area (Å²) in [6.07, 6.45) is 2.82. The third-order valence-corrected chi connectivity index (χ3v) is 4.44. The summed E-state index contributed by atoms with van der Waals surface area (Å²) in [7, 11) is 0. The Kier molecular flexibility index (Phi) is 5.13. The summed E-state index contributed by atoms with van der Waals surface area (Å²) in [4.78, 5) is 1.25. The van der Waals surface area contributed by atoms with Crippen LogP contribution in [0, 0.1) is 5.92 Å². The van der Waals surface area contributed by atoms with E-state index in [1.807, 2.05) is 6.07 Å². The van der Waals surface area contributed by atoms with Gasteiger partial charge >= 0.3 is 0 Å². The Bertz CT molecular complexity index is 272. The first kappa shape index (κ1) is 12.2. The van der Waals surface area contributed by atoms with Gasteiger partial charge in [0.1, 0.15) is 0 Å². The zero-order chi connectivity index (χ0) is 10.6. The molecule has 0 aromatic carbocycles. The van der Waals surface area contributed by atoms with Crippen LogP contribution in [0.3, 0.4) is 0 Å². The Hall–Kier alpha value is 0.140. The highest BCUT2D eigenvalue weighted by Gasteiger charge is 2.15. The molecule has 1 rings (SSSR count). The van der Waals surface area contributed by atoms with E-state index in [4.69, 9.17) is 0 Å². The molecule has 1 N–H and O–H groups in total. The summed E-state index contributed by atoms with van der Waals surface area (Å²) in [5.74, 6) is 0.397. The molecule has 0 saturated carbocycles. The topological polar surface area (TPSA) is 20.2 Å². The van der Waals surface area contributed by atoms with Gasteiger partial charge in [-0.05, 0) is 39.7 Å². The molecule has 1 aromatic heterocycles. The van der Waals surface area contributed by atoms with Crippen molar-refractivity contribution in [3.63, 3.8) is 0 Å². The molecule has 0 spiro atoms. The molecule has 0 aliphatic rings. The molecule has 0 fully saturated rings. The second kappa shape index (κ2) is 5.89. The molecule has 2 unspecified atom stereocenters. The fraction of sp³-hybridized carbons (Fsp3) is 0.636. The molecule has 1 nitrogen and oxygen atoms in total. The monoisotopic (exact) mass is 276 g/mol. The first-order valence-corrected chi connectivity index (χ1v) is 6.72. The third-order valence-electron chi connectivity index (χ3n) is 2.49. The maximum Gasteiger partial charge on any atom is 0.0614 e. The Balaban J connectivity index is 2.48. The lowest BCUT2D eigenvalue weighted by molar-refractivity contribution is 0.112. The van der Waals surface area contributed by atoms with Crippen molar-refractivity contribution in [2.45, 2.75) is 39.2 Å². The van der Waals surface area contributed by atoms with E-state index in [9.17, 15) is 5.11 Å². The molecule has 1 aromatic rings. The van der Waals surface area contributed by atoms with Crippen LogP contribution < -0.4 is 0 Å². The standard InChI is InChI=1S/C11H17BrOS/c1-3-4-8(2)10(13)7-11-9(12)5-6-14-11/h5-6,8,10,13H,3-4,7H2,1-2H3. The summed E-state index contributed by atoms with van der Waals surface area (Å²) in [5.41, 5.74) is 0. The van der Waals surface area contributed by atoms with E-state index in [2.05, 4.69) is 35.2 Å². The predicted molar refractivity (Wildman–Crippen MR) is 65.8 cm³/mol. The molecule has 0 radical (unpaired) electrons. The van der Waals surface area contributed by atoms with Crippen molar-refractivity contribution in [3.05, 3.63) is 20.8 Å². The van der Waals surface area contributed by atoms with Gasteiger partial charge in [-0.3, -0.25) is 0 Å². The quantitative estimate of drug-likeness (QED) is 0.866. The van der Waals surface area contributed by atoms with Crippen molar-refractivity contribution in [2.75, 3.05) is 0 Å². The van der Waals surface area contributed by atoms with Crippen molar-refractivity contribution in [1.82, 2.24) is 0 Å². The average Bonchev–Trinajstić information content (AvgIpc) is 2.52. The van der Waals surface area contributed by atoms with E-state index in [0.717, 1.165) is 23.7 Å². The fourth-order valence-corrected chi connectivity index (χ4v) is 3.07. The van der Waals surface area contributed by atoms with E-state index < -0.39 is 0 Å². The van der Waals surface area contributed by atoms with E-state index in [1.54, 1.807) is 11.3 Å². The second-order valence-corrected chi connectivity index (χ2v) is 5.58. The van der Waals surface area contributed by atoms with Gasteiger partial charge in [0.25, 0.3) is 0 Å². The van der Waals surface area contributed by atoms with Gasteiger partial charge in [-0.2, -0.15) is 0 Å². The highest BCUT2D eigenvalue weighted by Crippen LogP contribution is 2.26. The van der Waals surface area contributed by atoms with Crippen LogP contribution in [-0.2, 0) is 6.42 Å². The van der Waals surface area contributed by atoms with Crippen molar-refractivity contribution in [2.24, 2.45) is 5.92 Å². The maximum absolute atomic E-state index is 9.93. The number of thiophene rings is 1. The lowest BCUT2D eigenvalue weighted by Crippen LogP contribution is -2.19. The van der Waals surface area contributed by atoms with Crippen LogP contribution in [0.2, 0.25) is 0 Å². The van der Waals surface area contributed by atoms with Crippen LogP contribution in [0.5, 0.6) is 0 Å². The minimum atomic E-state index is -0.204. The summed E-state index contributed by atoms with van der Waals surface area (Å²) in [5, 5.41) is 12.0. The maximum atomic E-state index is 9.93. The fourth-order valence-electron chi connectivity index (χ4n) is 1.51. The molecule has 0 aliphatic heterocycles. The van der Waals surface area contributed by atoms with Crippen LogP contribution >= 0.6 is 27.3 Å². The Morgan fingerprint density at radius 2 is 2.29 bits per heavy atom. The van der Waals surface area contributed by atoms with Crippen LogP contribution in [0.1, 0.15) is 31.6 Å². The second-order valence-electron chi connectivity index (χ2n) is 3.73. The molecule has 3 heteroatoms. The van der Waals surface area contributed by atoms with Gasteiger partial charge < -0.3 is 5.11 Å². The smallest absolute Gasteiger partial charge is 0.0614 e. The van der Waals surface area contributed by atoms with Crippen LogP contribution in [0.25, 0.3) is 0 Å². The van der Waals surface area contributed by atoms with Crippen molar-refractivity contribution in [1.29, 1.82) is 0 Å². The largest absolute Gasteiger partial charge is 0.392 e. The first-order valence-electron chi connectivity index (χ1n) is 5.05. The Labute approximate surface area is 98.3 Å². The minimum Gasteiger partial charge on any atom is -0.392 e. The van der Waals surface area contributed by atoms with Crippen LogP contribution in [0.4, 0.5) is 0 Å². The van der Waals surface area contributed by atoms with Gasteiger partial charge in [0, 0.05) is 15.8 Å². The molecular weight excluding hydrogens is 260 g/mol. The van der Waals surface area contributed by atoms with Crippen molar-refractivity contribution < 1.29 is 5.11 Å². The number of halogens is 1. The molecule has 0 saturated heterocycles. The van der Waals surface area contributed by atoms with Gasteiger partial charge in [0.2, 0.25) is 0 Å². The van der Waals surface area contributed by atoms with Gasteiger partial charge in [-0.1, -0.05) is 20.3 Å². The Morgan fingerprint density at radius 1 is 1.57 bits per heavy atom. The number of hydrogen-bond acceptors (Lipinski definition) is 2. The lowest BCUT2D eigenvalue weighted by Gasteiger charge is -2.17. The Morgan fingerprint density at radius 3 is 2.79 bits per heavy atom. The summed E-state index contributed by atoms with van der Waals surface area (Å²) in [6, 6.07) is 2.04. The van der Waals surface area contributed by atoms with E-state index in [1.165, 1.54) is 4.88 Å². The molecular formula is C11H17BrOS. The highest BCUT2D eigenvalue weighted by molar-refractivity contribution is 9.10. The van der Waals surface area contributed by atoms with Crippen molar-refractivity contribution >= 4 is 27.3 Å². The molecule has 14 heavy (non-hydrogen) atoms. The zero-order valence-corrected chi connectivity index (χ0v) is 11.1. The first-order chi connectivity index (χ1) is 6.65. The molecule has 0 aliphatic carbocycles. The molecule has 0 bridgehead atoms. The summed E-state index contributed by atoms with van der Waals surface area (Å²) >= 11 is 5.19. The van der Waals surface area contributed by atoms with E-state index in [-0.39, 0.29) is 6.10 Å². The van der Waals surface area contributed by atoms with E-state index >= 15 is 0 Å². The zero-order valence-electron chi connectivity index (χ0n) is 8.66. The SMILES string of the molecule is CCCC(C)C(O)Cc1sccc1Br. The number of rotatable bonds is 5. The number of aliphatic hydroxyl groups excluding tert-OH is 1. The van der Waals surface area contributed by atoms with Gasteiger partial charge in [-0.25, -0.2) is 0 Å². The molecule has 80 valence electrons. The summed E-state index contributed by atoms with van der Waals surface area (Å²) in [6.45, 7) is 4.28. The van der Waals surface area contributed by atoms with Crippen LogP contribution in [0.15, 0.2) is 15.9 Å². The number of aliphatic hydroxyl groups is 1. The minimum absolute atomic E-state index is 0.204. The van der Waals surface area contributed by atoms with Crippen LogP contribution in [-0.4, -0.2) is 11.2 Å². The molecule has 1 heterocycles. The molecule has 2 atom stereocenters. The molecule has 0 amide bonds. The van der Waals surface area contributed by atoms with Gasteiger partial charge in [-0.15, -0.1) is 11.3 Å². The van der Waals surface area contributed by atoms with E-state index in [0.29, 0.717) is 5.92 Å². The predicted octanol–water partition coefficient (Wildman–Crippen LogP) is 3.85. The third kappa shape index (κ3) is 3.37.